The zero-order valence-electron chi connectivity index (χ0n) is 10.9. The zero-order chi connectivity index (χ0) is 12.1. The van der Waals surface area contributed by atoms with Gasteiger partial charge in [0.2, 0.25) is 0 Å². The molecule has 0 radical (unpaired) electrons. The fourth-order valence-electron chi connectivity index (χ4n) is 2.14. The van der Waals surface area contributed by atoms with Crippen molar-refractivity contribution in [2.45, 2.75) is 38.6 Å². The third-order valence-corrected chi connectivity index (χ3v) is 3.51. The molecule has 0 saturated heterocycles. The van der Waals surface area contributed by atoms with Crippen LogP contribution in [-0.4, -0.2) is 18.7 Å². The van der Waals surface area contributed by atoms with Gasteiger partial charge in [0.15, 0.2) is 0 Å². The Kier molecular flexibility index (Phi) is 4.06. The van der Waals surface area contributed by atoms with Gasteiger partial charge in [-0.3, -0.25) is 0 Å². The number of rotatable bonds is 7. The van der Waals surface area contributed by atoms with Gasteiger partial charge in [-0.05, 0) is 57.7 Å². The monoisotopic (exact) mass is 233 g/mol. The van der Waals surface area contributed by atoms with Crippen molar-refractivity contribution < 1.29 is 4.74 Å². The van der Waals surface area contributed by atoms with E-state index in [1.807, 2.05) is 30.3 Å². The molecule has 2 rings (SSSR count). The van der Waals surface area contributed by atoms with Crippen molar-refractivity contribution in [1.82, 2.24) is 5.32 Å². The summed E-state index contributed by atoms with van der Waals surface area (Å²) in [6, 6.07) is 10.0. The van der Waals surface area contributed by atoms with Gasteiger partial charge >= 0.3 is 0 Å². The maximum atomic E-state index is 5.66. The van der Waals surface area contributed by atoms with Crippen LogP contribution in [-0.2, 0) is 0 Å². The molecule has 0 unspecified atom stereocenters. The average Bonchev–Trinajstić information content (AvgIpc) is 3.14. The molecule has 1 saturated carbocycles. The van der Waals surface area contributed by atoms with E-state index < -0.39 is 0 Å². The number of nitrogens with one attached hydrogen (secondary N) is 1. The summed E-state index contributed by atoms with van der Waals surface area (Å²) in [5.74, 6) is 1.85. The predicted octanol–water partition coefficient (Wildman–Crippen LogP) is 3.23. The Hall–Kier alpha value is -1.02. The molecule has 2 nitrogen and oxygen atoms in total. The summed E-state index contributed by atoms with van der Waals surface area (Å²) in [7, 11) is 0. The Labute approximate surface area is 104 Å². The van der Waals surface area contributed by atoms with Crippen LogP contribution < -0.4 is 10.1 Å². The van der Waals surface area contributed by atoms with Crippen molar-refractivity contribution in [1.29, 1.82) is 0 Å². The molecule has 2 heteroatoms. The second kappa shape index (κ2) is 5.54. The Bertz CT molecular complexity index is 330. The minimum atomic E-state index is 0.312. The molecule has 94 valence electrons. The van der Waals surface area contributed by atoms with Crippen LogP contribution in [0, 0.1) is 5.92 Å². The molecule has 1 fully saturated rings. The van der Waals surface area contributed by atoms with Crippen LogP contribution in [0.4, 0.5) is 0 Å². The lowest BCUT2D eigenvalue weighted by Gasteiger charge is -2.26. The highest BCUT2D eigenvalue weighted by molar-refractivity contribution is 5.20. The molecule has 1 aromatic carbocycles. The van der Waals surface area contributed by atoms with Gasteiger partial charge in [-0.25, -0.2) is 0 Å². The van der Waals surface area contributed by atoms with E-state index in [4.69, 9.17) is 4.74 Å². The van der Waals surface area contributed by atoms with Gasteiger partial charge < -0.3 is 10.1 Å². The molecule has 1 aromatic rings. The molecule has 1 aliphatic rings. The maximum Gasteiger partial charge on any atom is 0.119 e. The third kappa shape index (κ3) is 4.04. The summed E-state index contributed by atoms with van der Waals surface area (Å²) in [5, 5.41) is 3.63. The Balaban J connectivity index is 1.57. The molecular formula is C15H23NO. The average molecular weight is 233 g/mol. The van der Waals surface area contributed by atoms with Crippen LogP contribution in [0.15, 0.2) is 30.3 Å². The number of ether oxygens (including phenoxy) is 1. The van der Waals surface area contributed by atoms with E-state index in [2.05, 4.69) is 19.2 Å². The number of benzene rings is 1. The SMILES string of the molecule is CC(C)(NCCCOc1ccccc1)C1CC1. The molecule has 0 bridgehead atoms. The standard InChI is InChI=1S/C15H23NO/c1-15(2,13-9-10-13)16-11-6-12-17-14-7-4-3-5-8-14/h3-5,7-8,13,16H,6,9-12H2,1-2H3. The molecule has 0 amide bonds. The van der Waals surface area contributed by atoms with Crippen molar-refractivity contribution in [3.05, 3.63) is 30.3 Å². The van der Waals surface area contributed by atoms with Crippen LogP contribution in [0.1, 0.15) is 33.1 Å². The first-order valence-corrected chi connectivity index (χ1v) is 6.61. The minimum absolute atomic E-state index is 0.312. The van der Waals surface area contributed by atoms with Crippen LogP contribution >= 0.6 is 0 Å². The van der Waals surface area contributed by atoms with Crippen LogP contribution in [0.5, 0.6) is 5.75 Å². The first kappa shape index (κ1) is 12.4. The van der Waals surface area contributed by atoms with E-state index in [9.17, 15) is 0 Å². The molecule has 1 aliphatic carbocycles. The van der Waals surface area contributed by atoms with Gasteiger partial charge in [0.05, 0.1) is 6.61 Å². The molecule has 17 heavy (non-hydrogen) atoms. The lowest BCUT2D eigenvalue weighted by atomic mass is 9.99. The fraction of sp³-hybridized carbons (Fsp3) is 0.600. The van der Waals surface area contributed by atoms with E-state index in [1.165, 1.54) is 12.8 Å². The zero-order valence-corrected chi connectivity index (χ0v) is 10.9. The van der Waals surface area contributed by atoms with E-state index >= 15 is 0 Å². The highest BCUT2D eigenvalue weighted by atomic mass is 16.5. The maximum absolute atomic E-state index is 5.66. The first-order chi connectivity index (χ1) is 8.18. The van der Waals surface area contributed by atoms with Gasteiger partial charge in [-0.1, -0.05) is 18.2 Å². The van der Waals surface area contributed by atoms with E-state index in [-0.39, 0.29) is 0 Å². The number of hydrogen-bond donors (Lipinski definition) is 1. The van der Waals surface area contributed by atoms with Crippen molar-refractivity contribution in [2.24, 2.45) is 5.92 Å². The Morgan fingerprint density at radius 1 is 1.24 bits per heavy atom. The van der Waals surface area contributed by atoms with E-state index in [1.54, 1.807) is 0 Å². The predicted molar refractivity (Wildman–Crippen MR) is 71.4 cm³/mol. The molecule has 0 aliphatic heterocycles. The van der Waals surface area contributed by atoms with Crippen LogP contribution in [0.25, 0.3) is 0 Å². The Morgan fingerprint density at radius 2 is 1.94 bits per heavy atom. The number of hydrogen-bond acceptors (Lipinski definition) is 2. The van der Waals surface area contributed by atoms with Crippen LogP contribution in [0.3, 0.4) is 0 Å². The molecule has 0 spiro atoms. The minimum Gasteiger partial charge on any atom is -0.494 e. The molecular weight excluding hydrogens is 210 g/mol. The summed E-state index contributed by atoms with van der Waals surface area (Å²) >= 11 is 0. The lowest BCUT2D eigenvalue weighted by molar-refractivity contribution is 0.284. The second-order valence-corrected chi connectivity index (χ2v) is 5.44. The van der Waals surface area contributed by atoms with Crippen molar-refractivity contribution in [3.8, 4) is 5.75 Å². The van der Waals surface area contributed by atoms with Crippen LogP contribution in [0.2, 0.25) is 0 Å². The van der Waals surface area contributed by atoms with E-state index in [0.717, 1.165) is 31.2 Å². The van der Waals surface area contributed by atoms with Gasteiger partial charge in [0.25, 0.3) is 0 Å². The quantitative estimate of drug-likeness (QED) is 0.730. The summed E-state index contributed by atoms with van der Waals surface area (Å²) in [4.78, 5) is 0. The fourth-order valence-corrected chi connectivity index (χ4v) is 2.14. The first-order valence-electron chi connectivity index (χ1n) is 6.61. The lowest BCUT2D eigenvalue weighted by Crippen LogP contribution is -2.42. The van der Waals surface area contributed by atoms with Gasteiger partial charge in [-0.2, -0.15) is 0 Å². The highest BCUT2D eigenvalue weighted by Gasteiger charge is 2.36. The second-order valence-electron chi connectivity index (χ2n) is 5.44. The smallest absolute Gasteiger partial charge is 0.119 e. The van der Waals surface area contributed by atoms with Gasteiger partial charge in [0.1, 0.15) is 5.75 Å². The van der Waals surface area contributed by atoms with Crippen molar-refractivity contribution >= 4 is 0 Å². The third-order valence-electron chi connectivity index (χ3n) is 3.51. The summed E-state index contributed by atoms with van der Waals surface area (Å²) in [6.45, 7) is 6.44. The van der Waals surface area contributed by atoms with Gasteiger partial charge in [-0.15, -0.1) is 0 Å². The van der Waals surface area contributed by atoms with Gasteiger partial charge in [0, 0.05) is 5.54 Å². The largest absolute Gasteiger partial charge is 0.494 e. The summed E-state index contributed by atoms with van der Waals surface area (Å²) in [6.07, 6.45) is 3.84. The van der Waals surface area contributed by atoms with Crippen molar-refractivity contribution in [3.63, 3.8) is 0 Å². The molecule has 0 heterocycles. The molecule has 0 aromatic heterocycles. The summed E-state index contributed by atoms with van der Waals surface area (Å²) < 4.78 is 5.66. The normalized spacial score (nSPS) is 15.9. The topological polar surface area (TPSA) is 21.3 Å². The molecule has 1 N–H and O–H groups in total. The highest BCUT2D eigenvalue weighted by Crippen LogP contribution is 2.39. The molecule has 0 atom stereocenters. The van der Waals surface area contributed by atoms with Crippen molar-refractivity contribution in [2.75, 3.05) is 13.2 Å². The van der Waals surface area contributed by atoms with E-state index in [0.29, 0.717) is 5.54 Å². The number of para-hydroxylation sites is 1. The Morgan fingerprint density at radius 3 is 2.59 bits per heavy atom. The summed E-state index contributed by atoms with van der Waals surface area (Å²) in [5.41, 5.74) is 0.312.